The Labute approximate surface area is 126 Å². The Morgan fingerprint density at radius 1 is 0.950 bits per heavy atom. The fourth-order valence-electron chi connectivity index (χ4n) is 2.52. The smallest absolute Gasteiger partial charge is 0.330 e. The number of carbonyl (C=O) groups is 1. The molecule has 0 fully saturated rings. The number of hydrogen-bond acceptors (Lipinski definition) is 2. The number of unbranched alkanes of at least 4 members (excludes halogenated alkanes) is 7. The van der Waals surface area contributed by atoms with E-state index in [1.807, 2.05) is 0 Å². The Morgan fingerprint density at radius 3 is 1.95 bits per heavy atom. The number of rotatable bonds is 14. The largest absolute Gasteiger partial charge is 0.463 e. The first-order chi connectivity index (χ1) is 9.74. The maximum atomic E-state index is 10.8. The van der Waals surface area contributed by atoms with Gasteiger partial charge in [0.1, 0.15) is 0 Å². The Hall–Kier alpha value is -0.790. The van der Waals surface area contributed by atoms with E-state index in [2.05, 4.69) is 20.4 Å². The van der Waals surface area contributed by atoms with Gasteiger partial charge in [0, 0.05) is 6.08 Å². The number of hydrogen-bond donors (Lipinski definition) is 0. The van der Waals surface area contributed by atoms with Crippen molar-refractivity contribution in [3.8, 4) is 0 Å². The summed E-state index contributed by atoms with van der Waals surface area (Å²) in [5.41, 5.74) is 0. The SMILES string of the molecule is C=CC(=O)OCCCCCCCCCCC(CC)CC. The summed E-state index contributed by atoms with van der Waals surface area (Å²) < 4.78 is 4.94. The van der Waals surface area contributed by atoms with Crippen molar-refractivity contribution in [3.63, 3.8) is 0 Å². The molecule has 0 bridgehead atoms. The predicted octanol–water partition coefficient (Wildman–Crippen LogP) is 5.66. The van der Waals surface area contributed by atoms with Crippen LogP contribution in [0, 0.1) is 5.92 Å². The lowest BCUT2D eigenvalue weighted by atomic mass is 9.95. The molecular formula is C18H34O2. The molecule has 0 aromatic heterocycles. The van der Waals surface area contributed by atoms with Crippen LogP contribution in [0.25, 0.3) is 0 Å². The van der Waals surface area contributed by atoms with Crippen LogP contribution >= 0.6 is 0 Å². The van der Waals surface area contributed by atoms with Gasteiger partial charge in [0.15, 0.2) is 0 Å². The quantitative estimate of drug-likeness (QED) is 0.233. The van der Waals surface area contributed by atoms with Gasteiger partial charge in [-0.1, -0.05) is 84.6 Å². The van der Waals surface area contributed by atoms with Crippen LogP contribution in [0.3, 0.4) is 0 Å². The molecular weight excluding hydrogens is 248 g/mol. The molecule has 0 heterocycles. The molecule has 0 radical (unpaired) electrons. The van der Waals surface area contributed by atoms with E-state index in [1.165, 1.54) is 63.9 Å². The van der Waals surface area contributed by atoms with Gasteiger partial charge in [-0.15, -0.1) is 0 Å². The standard InChI is InChI=1S/C18H34O2/c1-4-17(5-2)15-13-11-9-7-8-10-12-14-16-20-18(19)6-3/h6,17H,3-5,7-16H2,1-2H3. The van der Waals surface area contributed by atoms with E-state index >= 15 is 0 Å². The summed E-state index contributed by atoms with van der Waals surface area (Å²) in [6.45, 7) is 8.53. The van der Waals surface area contributed by atoms with Crippen LogP contribution in [-0.2, 0) is 9.53 Å². The first-order valence-electron chi connectivity index (χ1n) is 8.53. The summed E-state index contributed by atoms with van der Waals surface area (Å²) in [4.78, 5) is 10.8. The molecule has 20 heavy (non-hydrogen) atoms. The molecule has 0 atom stereocenters. The second-order valence-electron chi connectivity index (χ2n) is 5.67. The highest BCUT2D eigenvalue weighted by Gasteiger charge is 2.02. The second-order valence-corrected chi connectivity index (χ2v) is 5.67. The van der Waals surface area contributed by atoms with E-state index in [4.69, 9.17) is 4.74 Å². The van der Waals surface area contributed by atoms with Crippen molar-refractivity contribution in [3.05, 3.63) is 12.7 Å². The Bertz CT molecular complexity index is 232. The van der Waals surface area contributed by atoms with Gasteiger partial charge in [-0.3, -0.25) is 0 Å². The Morgan fingerprint density at radius 2 is 1.45 bits per heavy atom. The molecule has 0 aliphatic carbocycles. The van der Waals surface area contributed by atoms with Crippen molar-refractivity contribution in [2.24, 2.45) is 5.92 Å². The lowest BCUT2D eigenvalue weighted by molar-refractivity contribution is -0.137. The summed E-state index contributed by atoms with van der Waals surface area (Å²) in [5.74, 6) is 0.649. The van der Waals surface area contributed by atoms with Gasteiger partial charge in [0.05, 0.1) is 6.61 Å². The van der Waals surface area contributed by atoms with Crippen molar-refractivity contribution >= 4 is 5.97 Å². The summed E-state index contributed by atoms with van der Waals surface area (Å²) in [6, 6.07) is 0. The van der Waals surface area contributed by atoms with Crippen molar-refractivity contribution in [2.75, 3.05) is 6.61 Å². The molecule has 0 saturated heterocycles. The maximum Gasteiger partial charge on any atom is 0.330 e. The number of esters is 1. The third-order valence-corrected chi connectivity index (χ3v) is 4.07. The van der Waals surface area contributed by atoms with Crippen LogP contribution in [0.5, 0.6) is 0 Å². The van der Waals surface area contributed by atoms with E-state index in [0.717, 1.165) is 18.8 Å². The van der Waals surface area contributed by atoms with Crippen LogP contribution in [-0.4, -0.2) is 12.6 Å². The zero-order chi connectivity index (χ0) is 15.1. The van der Waals surface area contributed by atoms with Crippen LogP contribution in [0.4, 0.5) is 0 Å². The van der Waals surface area contributed by atoms with Gasteiger partial charge in [0.25, 0.3) is 0 Å². The molecule has 0 rings (SSSR count). The van der Waals surface area contributed by atoms with E-state index < -0.39 is 0 Å². The molecule has 0 aromatic carbocycles. The normalized spacial score (nSPS) is 10.8. The second kappa shape index (κ2) is 14.6. The molecule has 0 aliphatic heterocycles. The highest BCUT2D eigenvalue weighted by molar-refractivity contribution is 5.81. The summed E-state index contributed by atoms with van der Waals surface area (Å²) in [7, 11) is 0. The highest BCUT2D eigenvalue weighted by Crippen LogP contribution is 2.17. The van der Waals surface area contributed by atoms with E-state index in [1.54, 1.807) is 0 Å². The topological polar surface area (TPSA) is 26.3 Å². The molecule has 0 aromatic rings. The van der Waals surface area contributed by atoms with Crippen molar-refractivity contribution < 1.29 is 9.53 Å². The monoisotopic (exact) mass is 282 g/mol. The minimum Gasteiger partial charge on any atom is -0.463 e. The lowest BCUT2D eigenvalue weighted by Gasteiger charge is -2.11. The van der Waals surface area contributed by atoms with Crippen LogP contribution in [0.1, 0.15) is 84.5 Å². The van der Waals surface area contributed by atoms with Gasteiger partial charge in [-0.05, 0) is 12.3 Å². The first-order valence-corrected chi connectivity index (χ1v) is 8.53. The predicted molar refractivity (Wildman–Crippen MR) is 86.8 cm³/mol. The van der Waals surface area contributed by atoms with Gasteiger partial charge in [-0.2, -0.15) is 0 Å². The summed E-state index contributed by atoms with van der Waals surface area (Å²) >= 11 is 0. The molecule has 2 heteroatoms. The average molecular weight is 282 g/mol. The van der Waals surface area contributed by atoms with Crippen molar-refractivity contribution in [2.45, 2.75) is 84.5 Å². The lowest BCUT2D eigenvalue weighted by Crippen LogP contribution is -2.01. The van der Waals surface area contributed by atoms with Gasteiger partial charge in [-0.25, -0.2) is 4.79 Å². The van der Waals surface area contributed by atoms with Crippen LogP contribution in [0.2, 0.25) is 0 Å². The van der Waals surface area contributed by atoms with Crippen molar-refractivity contribution in [1.82, 2.24) is 0 Å². The fourth-order valence-corrected chi connectivity index (χ4v) is 2.52. The fraction of sp³-hybridized carbons (Fsp3) is 0.833. The zero-order valence-electron chi connectivity index (χ0n) is 13.7. The molecule has 0 N–H and O–H groups in total. The average Bonchev–Trinajstić information content (AvgIpc) is 2.48. The van der Waals surface area contributed by atoms with Crippen LogP contribution in [0.15, 0.2) is 12.7 Å². The van der Waals surface area contributed by atoms with Gasteiger partial charge in [0.2, 0.25) is 0 Å². The molecule has 2 nitrogen and oxygen atoms in total. The van der Waals surface area contributed by atoms with Crippen LogP contribution < -0.4 is 0 Å². The maximum absolute atomic E-state index is 10.8. The Kier molecular flexibility index (Phi) is 14.0. The molecule has 0 aliphatic rings. The van der Waals surface area contributed by atoms with Gasteiger partial charge >= 0.3 is 5.97 Å². The number of carbonyl (C=O) groups excluding carboxylic acids is 1. The molecule has 0 unspecified atom stereocenters. The molecule has 0 amide bonds. The zero-order valence-corrected chi connectivity index (χ0v) is 13.7. The van der Waals surface area contributed by atoms with E-state index in [9.17, 15) is 4.79 Å². The highest BCUT2D eigenvalue weighted by atomic mass is 16.5. The van der Waals surface area contributed by atoms with Gasteiger partial charge < -0.3 is 4.74 Å². The number of ether oxygens (including phenoxy) is 1. The molecule has 0 spiro atoms. The summed E-state index contributed by atoms with van der Waals surface area (Å²) in [5, 5.41) is 0. The molecule has 118 valence electrons. The third kappa shape index (κ3) is 12.3. The van der Waals surface area contributed by atoms with E-state index in [0.29, 0.717) is 6.61 Å². The third-order valence-electron chi connectivity index (χ3n) is 4.07. The minimum atomic E-state index is -0.303. The summed E-state index contributed by atoms with van der Waals surface area (Å²) in [6.07, 6.45) is 15.6. The Balaban J connectivity index is 3.13. The minimum absolute atomic E-state index is 0.303. The first kappa shape index (κ1) is 19.2. The molecule has 0 saturated carbocycles. The van der Waals surface area contributed by atoms with E-state index in [-0.39, 0.29) is 5.97 Å². The van der Waals surface area contributed by atoms with Crippen molar-refractivity contribution in [1.29, 1.82) is 0 Å².